The van der Waals surface area contributed by atoms with Crippen LogP contribution in [0.4, 0.5) is 0 Å². The number of para-hydroxylation sites is 1. The highest BCUT2D eigenvalue weighted by atomic mass is 16.5. The summed E-state index contributed by atoms with van der Waals surface area (Å²) in [6.45, 7) is 8.02. The second-order valence-electron chi connectivity index (χ2n) is 5.22. The average Bonchev–Trinajstić information content (AvgIpc) is 2.36. The van der Waals surface area contributed by atoms with E-state index in [1.807, 2.05) is 38.1 Å². The third-order valence-corrected chi connectivity index (χ3v) is 3.16. The van der Waals surface area contributed by atoms with Crippen LogP contribution < -0.4 is 15.8 Å². The first kappa shape index (κ1) is 15.5. The van der Waals surface area contributed by atoms with Crippen LogP contribution in [0.3, 0.4) is 0 Å². The predicted octanol–water partition coefficient (Wildman–Crippen LogP) is 2.25. The maximum absolute atomic E-state index is 11.7. The Morgan fingerprint density at radius 3 is 2.47 bits per heavy atom. The molecule has 4 nitrogen and oxygen atoms in total. The quantitative estimate of drug-likeness (QED) is 0.828. The van der Waals surface area contributed by atoms with Crippen LogP contribution in [-0.2, 0) is 4.79 Å². The highest BCUT2D eigenvalue weighted by molar-refractivity contribution is 5.77. The van der Waals surface area contributed by atoms with Gasteiger partial charge in [-0.25, -0.2) is 0 Å². The largest absolute Gasteiger partial charge is 0.483 e. The maximum atomic E-state index is 11.7. The second kappa shape index (κ2) is 7.14. The molecular weight excluding hydrogens is 240 g/mol. The molecule has 1 aromatic rings. The summed E-state index contributed by atoms with van der Waals surface area (Å²) in [5.74, 6) is 0.964. The molecule has 0 bridgehead atoms. The number of nitrogens with one attached hydrogen (secondary N) is 1. The summed E-state index contributed by atoms with van der Waals surface area (Å²) >= 11 is 0. The zero-order chi connectivity index (χ0) is 14.4. The number of carbonyl (C=O) groups is 1. The molecule has 4 heteroatoms. The zero-order valence-electron chi connectivity index (χ0n) is 12.1. The molecule has 0 saturated carbocycles. The van der Waals surface area contributed by atoms with Gasteiger partial charge in [-0.05, 0) is 25.8 Å². The van der Waals surface area contributed by atoms with Gasteiger partial charge in [0.2, 0.25) is 0 Å². The minimum atomic E-state index is -0.117. The molecule has 3 N–H and O–H groups in total. The van der Waals surface area contributed by atoms with Crippen LogP contribution >= 0.6 is 0 Å². The number of hydrogen-bond acceptors (Lipinski definition) is 3. The Morgan fingerprint density at radius 1 is 1.26 bits per heavy atom. The van der Waals surface area contributed by atoms with Gasteiger partial charge in [-0.1, -0.05) is 32.0 Å². The van der Waals surface area contributed by atoms with Crippen LogP contribution in [0.15, 0.2) is 24.3 Å². The Hall–Kier alpha value is -1.55. The highest BCUT2D eigenvalue weighted by Gasteiger charge is 2.12. The second-order valence-corrected chi connectivity index (χ2v) is 5.22. The van der Waals surface area contributed by atoms with Crippen molar-refractivity contribution in [3.8, 4) is 5.75 Å². The smallest absolute Gasteiger partial charge is 0.258 e. The topological polar surface area (TPSA) is 64.3 Å². The lowest BCUT2D eigenvalue weighted by molar-refractivity contribution is -0.124. The third kappa shape index (κ3) is 4.91. The standard InChI is InChI=1S/C15H24N2O2/c1-10(2)12(4)17-15(18)9-19-14-8-6-5-7-13(14)11(3)16/h5-8,10-12H,9,16H2,1-4H3,(H,17,18). The first-order valence-corrected chi connectivity index (χ1v) is 6.68. The Labute approximate surface area is 115 Å². The fraction of sp³-hybridized carbons (Fsp3) is 0.533. The lowest BCUT2D eigenvalue weighted by Gasteiger charge is -2.18. The van der Waals surface area contributed by atoms with E-state index in [0.717, 1.165) is 5.56 Å². The van der Waals surface area contributed by atoms with E-state index in [9.17, 15) is 4.79 Å². The van der Waals surface area contributed by atoms with Gasteiger partial charge in [-0.2, -0.15) is 0 Å². The van der Waals surface area contributed by atoms with Gasteiger partial charge in [-0.3, -0.25) is 4.79 Å². The molecule has 1 rings (SSSR count). The normalized spacial score (nSPS) is 14.0. The Kier molecular flexibility index (Phi) is 5.83. The number of ether oxygens (including phenoxy) is 1. The molecule has 1 amide bonds. The van der Waals surface area contributed by atoms with E-state index in [-0.39, 0.29) is 24.6 Å². The first-order valence-electron chi connectivity index (χ1n) is 6.68. The predicted molar refractivity (Wildman–Crippen MR) is 77.0 cm³/mol. The highest BCUT2D eigenvalue weighted by Crippen LogP contribution is 2.22. The fourth-order valence-electron chi connectivity index (χ4n) is 1.59. The number of amides is 1. The molecule has 106 valence electrons. The summed E-state index contributed by atoms with van der Waals surface area (Å²) in [5, 5.41) is 2.90. The van der Waals surface area contributed by atoms with Crippen LogP contribution in [0.25, 0.3) is 0 Å². The summed E-state index contributed by atoms with van der Waals surface area (Å²) in [4.78, 5) is 11.7. The number of rotatable bonds is 6. The molecule has 0 heterocycles. The number of carbonyl (C=O) groups excluding carboxylic acids is 1. The Morgan fingerprint density at radius 2 is 1.89 bits per heavy atom. The molecule has 2 atom stereocenters. The molecule has 0 aliphatic rings. The van der Waals surface area contributed by atoms with E-state index < -0.39 is 0 Å². The minimum absolute atomic E-state index is 0.0147. The van der Waals surface area contributed by atoms with Crippen LogP contribution in [0.5, 0.6) is 5.75 Å². The lowest BCUT2D eigenvalue weighted by atomic mass is 10.1. The van der Waals surface area contributed by atoms with E-state index in [2.05, 4.69) is 19.2 Å². The van der Waals surface area contributed by atoms with Crippen molar-refractivity contribution in [2.75, 3.05) is 6.61 Å². The fourth-order valence-corrected chi connectivity index (χ4v) is 1.59. The molecule has 0 spiro atoms. The van der Waals surface area contributed by atoms with Crippen molar-refractivity contribution in [2.45, 2.75) is 39.8 Å². The van der Waals surface area contributed by atoms with E-state index in [1.54, 1.807) is 0 Å². The lowest BCUT2D eigenvalue weighted by Crippen LogP contribution is -2.39. The Bertz CT molecular complexity index is 416. The molecule has 2 unspecified atom stereocenters. The van der Waals surface area contributed by atoms with Gasteiger partial charge in [0.1, 0.15) is 5.75 Å². The van der Waals surface area contributed by atoms with Crippen LogP contribution in [-0.4, -0.2) is 18.6 Å². The summed E-state index contributed by atoms with van der Waals surface area (Å²) in [6.07, 6.45) is 0. The number of nitrogens with two attached hydrogens (primary N) is 1. The first-order chi connectivity index (χ1) is 8.91. The van der Waals surface area contributed by atoms with Crippen LogP contribution in [0, 0.1) is 5.92 Å². The van der Waals surface area contributed by atoms with Gasteiger partial charge in [0.05, 0.1) is 0 Å². The molecule has 1 aromatic carbocycles. The molecule has 0 aromatic heterocycles. The maximum Gasteiger partial charge on any atom is 0.258 e. The van der Waals surface area contributed by atoms with Gasteiger partial charge in [0.15, 0.2) is 6.61 Å². The van der Waals surface area contributed by atoms with Crippen molar-refractivity contribution in [1.82, 2.24) is 5.32 Å². The molecule has 19 heavy (non-hydrogen) atoms. The Balaban J connectivity index is 2.55. The monoisotopic (exact) mass is 264 g/mol. The summed E-state index contributed by atoms with van der Waals surface area (Å²) in [7, 11) is 0. The third-order valence-electron chi connectivity index (χ3n) is 3.16. The minimum Gasteiger partial charge on any atom is -0.483 e. The molecule has 0 aliphatic heterocycles. The zero-order valence-corrected chi connectivity index (χ0v) is 12.1. The van der Waals surface area contributed by atoms with Crippen LogP contribution in [0.2, 0.25) is 0 Å². The number of hydrogen-bond donors (Lipinski definition) is 2. The van der Waals surface area contributed by atoms with Crippen molar-refractivity contribution in [3.05, 3.63) is 29.8 Å². The number of benzene rings is 1. The van der Waals surface area contributed by atoms with Gasteiger partial charge < -0.3 is 15.8 Å². The summed E-state index contributed by atoms with van der Waals surface area (Å²) in [6, 6.07) is 7.54. The van der Waals surface area contributed by atoms with E-state index in [0.29, 0.717) is 11.7 Å². The molecule has 0 saturated heterocycles. The van der Waals surface area contributed by atoms with Crippen molar-refractivity contribution in [3.63, 3.8) is 0 Å². The summed E-state index contributed by atoms with van der Waals surface area (Å²) in [5.41, 5.74) is 6.77. The van der Waals surface area contributed by atoms with Gasteiger partial charge in [-0.15, -0.1) is 0 Å². The van der Waals surface area contributed by atoms with Crippen molar-refractivity contribution in [2.24, 2.45) is 11.7 Å². The summed E-state index contributed by atoms with van der Waals surface area (Å²) < 4.78 is 5.55. The van der Waals surface area contributed by atoms with Gasteiger partial charge >= 0.3 is 0 Å². The average molecular weight is 264 g/mol. The van der Waals surface area contributed by atoms with E-state index in [4.69, 9.17) is 10.5 Å². The molecule has 0 radical (unpaired) electrons. The van der Waals surface area contributed by atoms with Crippen molar-refractivity contribution < 1.29 is 9.53 Å². The van der Waals surface area contributed by atoms with E-state index >= 15 is 0 Å². The molecular formula is C15H24N2O2. The SMILES string of the molecule is CC(N)c1ccccc1OCC(=O)NC(C)C(C)C. The molecule has 0 aliphatic carbocycles. The van der Waals surface area contributed by atoms with Crippen LogP contribution in [0.1, 0.15) is 39.3 Å². The van der Waals surface area contributed by atoms with Gasteiger partial charge in [0.25, 0.3) is 5.91 Å². The van der Waals surface area contributed by atoms with Crippen molar-refractivity contribution >= 4 is 5.91 Å². The van der Waals surface area contributed by atoms with Gasteiger partial charge in [0, 0.05) is 17.6 Å². The van der Waals surface area contributed by atoms with Crippen molar-refractivity contribution in [1.29, 1.82) is 0 Å². The molecule has 0 fully saturated rings. The van der Waals surface area contributed by atoms with E-state index in [1.165, 1.54) is 0 Å².